The minimum absolute atomic E-state index is 0.0178. The van der Waals surface area contributed by atoms with E-state index in [-0.39, 0.29) is 23.1 Å². The molecule has 0 aliphatic heterocycles. The quantitative estimate of drug-likeness (QED) is 0.348. The van der Waals surface area contributed by atoms with Crippen molar-refractivity contribution >= 4 is 38.7 Å². The van der Waals surface area contributed by atoms with E-state index in [2.05, 4.69) is 9.97 Å². The first-order valence-electron chi connectivity index (χ1n) is 9.84. The van der Waals surface area contributed by atoms with Crippen molar-refractivity contribution in [3.05, 3.63) is 83.7 Å². The third-order valence-electron chi connectivity index (χ3n) is 4.79. The van der Waals surface area contributed by atoms with Gasteiger partial charge in [0.05, 0.1) is 25.5 Å². The van der Waals surface area contributed by atoms with Gasteiger partial charge in [-0.2, -0.15) is 0 Å². The van der Waals surface area contributed by atoms with Crippen LogP contribution in [-0.4, -0.2) is 30.1 Å². The van der Waals surface area contributed by atoms with Gasteiger partial charge in [-0.3, -0.25) is 14.7 Å². The molecule has 0 N–H and O–H groups in total. The molecule has 6 nitrogen and oxygen atoms in total. The first kappa shape index (κ1) is 22.3. The van der Waals surface area contributed by atoms with Crippen LogP contribution in [0.4, 0.5) is 13.9 Å². The van der Waals surface area contributed by atoms with E-state index in [0.29, 0.717) is 16.2 Å². The van der Waals surface area contributed by atoms with E-state index in [1.165, 1.54) is 24.2 Å². The number of nitrogens with zero attached hydrogens (tertiary/aromatic N) is 3. The Kier molecular flexibility index (Phi) is 6.60. The van der Waals surface area contributed by atoms with Gasteiger partial charge in [-0.15, -0.1) is 0 Å². The molecular weight excluding hydrogens is 448 g/mol. The lowest BCUT2D eigenvalue weighted by Crippen LogP contribution is -2.28. The van der Waals surface area contributed by atoms with Crippen LogP contribution in [0.3, 0.4) is 0 Å². The second kappa shape index (κ2) is 9.74. The van der Waals surface area contributed by atoms with E-state index < -0.39 is 11.6 Å². The van der Waals surface area contributed by atoms with Gasteiger partial charge in [-0.05, 0) is 41.5 Å². The maximum Gasteiger partial charge on any atom is 0.253 e. The van der Waals surface area contributed by atoms with Crippen molar-refractivity contribution < 1.29 is 23.0 Å². The zero-order chi connectivity index (χ0) is 23.4. The first-order valence-corrected chi connectivity index (χ1v) is 10.7. The third kappa shape index (κ3) is 4.98. The molecule has 2 aromatic heterocycles. The topological polar surface area (TPSA) is 64.5 Å². The smallest absolute Gasteiger partial charge is 0.253 e. The minimum Gasteiger partial charge on any atom is -0.493 e. The average Bonchev–Trinajstić information content (AvgIpc) is 3.25. The fourth-order valence-corrected chi connectivity index (χ4v) is 4.20. The molecule has 0 atom stereocenters. The standard InChI is InChI=1S/C24H19F2N3O3S/c1-31-19-7-5-15(10-20(19)32-2)6-8-22(30)29(14-16-4-3-9-27-13-16)24-28-23-18(26)11-17(25)12-21(23)33-24/h3-13H,14H2,1-2H3/b8-6+. The minimum atomic E-state index is -0.776. The molecule has 0 aliphatic carbocycles. The Labute approximate surface area is 192 Å². The summed E-state index contributed by atoms with van der Waals surface area (Å²) in [5.41, 5.74) is 1.50. The van der Waals surface area contributed by atoms with Gasteiger partial charge < -0.3 is 9.47 Å². The number of hydrogen-bond acceptors (Lipinski definition) is 6. The van der Waals surface area contributed by atoms with Crippen LogP contribution in [0.2, 0.25) is 0 Å². The van der Waals surface area contributed by atoms with Crippen molar-refractivity contribution in [2.45, 2.75) is 6.54 Å². The largest absolute Gasteiger partial charge is 0.493 e. The molecular formula is C24H19F2N3O3S. The molecule has 0 bridgehead atoms. The SMILES string of the molecule is COc1ccc(/C=C/C(=O)N(Cc2cccnc2)c2nc3c(F)cc(F)cc3s2)cc1OC. The summed E-state index contributed by atoms with van der Waals surface area (Å²) in [5.74, 6) is -0.754. The van der Waals surface area contributed by atoms with Gasteiger partial charge in [0.15, 0.2) is 22.4 Å². The average molecular weight is 467 g/mol. The van der Waals surface area contributed by atoms with Crippen molar-refractivity contribution in [1.29, 1.82) is 0 Å². The highest BCUT2D eigenvalue weighted by Crippen LogP contribution is 2.32. The fourth-order valence-electron chi connectivity index (χ4n) is 3.19. The van der Waals surface area contributed by atoms with Gasteiger partial charge in [0, 0.05) is 24.5 Å². The number of benzene rings is 2. The van der Waals surface area contributed by atoms with E-state index in [1.54, 1.807) is 49.8 Å². The molecule has 0 radical (unpaired) electrons. The summed E-state index contributed by atoms with van der Waals surface area (Å²) in [6.45, 7) is 0.160. The lowest BCUT2D eigenvalue weighted by atomic mass is 10.2. The number of rotatable bonds is 7. The van der Waals surface area contributed by atoms with Gasteiger partial charge in [0.1, 0.15) is 11.3 Å². The monoisotopic (exact) mass is 467 g/mol. The lowest BCUT2D eigenvalue weighted by Gasteiger charge is -2.18. The number of aromatic nitrogens is 2. The summed E-state index contributed by atoms with van der Waals surface area (Å²) in [7, 11) is 3.07. The van der Waals surface area contributed by atoms with Crippen LogP contribution in [-0.2, 0) is 11.3 Å². The normalized spacial score (nSPS) is 11.2. The molecule has 0 spiro atoms. The van der Waals surface area contributed by atoms with Gasteiger partial charge >= 0.3 is 0 Å². The summed E-state index contributed by atoms with van der Waals surface area (Å²) in [5, 5.41) is 0.250. The Morgan fingerprint density at radius 1 is 1.12 bits per heavy atom. The van der Waals surface area contributed by atoms with E-state index >= 15 is 0 Å². The number of carbonyl (C=O) groups is 1. The Morgan fingerprint density at radius 2 is 1.94 bits per heavy atom. The van der Waals surface area contributed by atoms with Crippen molar-refractivity contribution in [3.8, 4) is 11.5 Å². The molecule has 168 valence electrons. The van der Waals surface area contributed by atoms with E-state index in [4.69, 9.17) is 9.47 Å². The van der Waals surface area contributed by atoms with Crippen molar-refractivity contribution in [1.82, 2.24) is 9.97 Å². The summed E-state index contributed by atoms with van der Waals surface area (Å²) in [4.78, 5) is 22.9. The zero-order valence-corrected chi connectivity index (χ0v) is 18.6. The Morgan fingerprint density at radius 3 is 2.67 bits per heavy atom. The van der Waals surface area contributed by atoms with Gasteiger partial charge in [0.2, 0.25) is 0 Å². The Balaban J connectivity index is 1.68. The highest BCUT2D eigenvalue weighted by atomic mass is 32.1. The van der Waals surface area contributed by atoms with Crippen LogP contribution in [0, 0.1) is 11.6 Å². The molecule has 0 aliphatic rings. The molecule has 2 heterocycles. The lowest BCUT2D eigenvalue weighted by molar-refractivity contribution is -0.114. The van der Waals surface area contributed by atoms with E-state index in [1.807, 2.05) is 6.07 Å². The van der Waals surface area contributed by atoms with Crippen LogP contribution in [0.5, 0.6) is 11.5 Å². The second-order valence-electron chi connectivity index (χ2n) is 6.96. The number of methoxy groups -OCH3 is 2. The number of carbonyl (C=O) groups excluding carboxylic acids is 1. The molecule has 4 rings (SSSR count). The predicted octanol–water partition coefficient (Wildman–Crippen LogP) is 5.23. The van der Waals surface area contributed by atoms with Gasteiger partial charge in [0.25, 0.3) is 5.91 Å². The molecule has 0 fully saturated rings. The van der Waals surface area contributed by atoms with Crippen molar-refractivity contribution in [3.63, 3.8) is 0 Å². The highest BCUT2D eigenvalue weighted by Gasteiger charge is 2.20. The number of ether oxygens (including phenoxy) is 2. The number of anilines is 1. The highest BCUT2D eigenvalue weighted by molar-refractivity contribution is 7.22. The molecule has 1 amide bonds. The van der Waals surface area contributed by atoms with E-state index in [0.717, 1.165) is 28.5 Å². The summed E-state index contributed by atoms with van der Waals surface area (Å²) < 4.78 is 38.7. The van der Waals surface area contributed by atoms with Crippen LogP contribution in [0.25, 0.3) is 16.3 Å². The molecule has 9 heteroatoms. The Hall–Kier alpha value is -3.85. The zero-order valence-electron chi connectivity index (χ0n) is 17.8. The first-order chi connectivity index (χ1) is 16.0. The van der Waals surface area contributed by atoms with E-state index in [9.17, 15) is 13.6 Å². The Bertz CT molecular complexity index is 1330. The summed E-state index contributed by atoms with van der Waals surface area (Å²) in [6.07, 6.45) is 6.28. The summed E-state index contributed by atoms with van der Waals surface area (Å²) in [6, 6.07) is 10.8. The number of hydrogen-bond donors (Lipinski definition) is 0. The van der Waals surface area contributed by atoms with Gasteiger partial charge in [-0.1, -0.05) is 23.5 Å². The molecule has 33 heavy (non-hydrogen) atoms. The van der Waals surface area contributed by atoms with Crippen LogP contribution in [0.1, 0.15) is 11.1 Å². The number of fused-ring (bicyclic) bond motifs is 1. The molecule has 0 saturated heterocycles. The van der Waals surface area contributed by atoms with Crippen LogP contribution >= 0.6 is 11.3 Å². The maximum atomic E-state index is 14.2. The number of halogens is 2. The second-order valence-corrected chi connectivity index (χ2v) is 7.97. The molecule has 0 saturated carbocycles. The van der Waals surface area contributed by atoms with Crippen LogP contribution in [0.15, 0.2) is 60.9 Å². The third-order valence-corrected chi connectivity index (χ3v) is 5.81. The predicted molar refractivity (Wildman–Crippen MR) is 124 cm³/mol. The molecule has 2 aromatic carbocycles. The molecule has 4 aromatic rings. The summed E-state index contributed by atoms with van der Waals surface area (Å²) >= 11 is 1.04. The van der Waals surface area contributed by atoms with Crippen molar-refractivity contribution in [2.75, 3.05) is 19.1 Å². The number of amides is 1. The van der Waals surface area contributed by atoms with Gasteiger partial charge in [-0.25, -0.2) is 13.8 Å². The number of thiazole rings is 1. The number of pyridine rings is 1. The van der Waals surface area contributed by atoms with Crippen LogP contribution < -0.4 is 14.4 Å². The van der Waals surface area contributed by atoms with Crippen molar-refractivity contribution in [2.24, 2.45) is 0 Å². The maximum absolute atomic E-state index is 14.2. The molecule has 0 unspecified atom stereocenters. The fraction of sp³-hybridized carbons (Fsp3) is 0.125.